The molecule has 0 fully saturated rings. The fraction of sp³-hybridized carbons (Fsp3) is 0.217. The molecule has 1 aromatic heterocycles. The zero-order valence-electron chi connectivity index (χ0n) is 16.3. The molecule has 3 aromatic rings. The molecular formula is C23H22O6. The second-order valence-electron chi connectivity index (χ2n) is 6.16. The summed E-state index contributed by atoms with van der Waals surface area (Å²) < 4.78 is 21.9. The highest BCUT2D eigenvalue weighted by Gasteiger charge is 2.23. The van der Waals surface area contributed by atoms with Crippen molar-refractivity contribution in [1.29, 1.82) is 0 Å². The van der Waals surface area contributed by atoms with Crippen molar-refractivity contribution in [3.8, 4) is 17.2 Å². The van der Waals surface area contributed by atoms with E-state index in [1.54, 1.807) is 48.5 Å². The minimum atomic E-state index is -0.814. The van der Waals surface area contributed by atoms with Crippen molar-refractivity contribution >= 4 is 16.9 Å². The lowest BCUT2D eigenvalue weighted by molar-refractivity contribution is 0.0722. The molecule has 0 aliphatic rings. The SMILES string of the molecule is CCC=CCCOc1c(OC(=O)c2ccccc2)c(=O)oc2c(OC)cccc12. The van der Waals surface area contributed by atoms with Gasteiger partial charge in [-0.15, -0.1) is 0 Å². The van der Waals surface area contributed by atoms with Crippen LogP contribution in [0.15, 0.2) is 69.9 Å². The van der Waals surface area contributed by atoms with Crippen LogP contribution in [0.25, 0.3) is 11.0 Å². The molecule has 6 heteroatoms. The maximum atomic E-state index is 12.6. The van der Waals surface area contributed by atoms with Gasteiger partial charge in [0.05, 0.1) is 24.7 Å². The number of allylic oxidation sites excluding steroid dienone is 1. The molecule has 0 radical (unpaired) electrons. The molecule has 1 heterocycles. The summed E-state index contributed by atoms with van der Waals surface area (Å²) in [4.78, 5) is 25.1. The summed E-state index contributed by atoms with van der Waals surface area (Å²) >= 11 is 0. The summed E-state index contributed by atoms with van der Waals surface area (Å²) in [7, 11) is 1.48. The molecule has 3 rings (SSSR count). The average molecular weight is 394 g/mol. The van der Waals surface area contributed by atoms with Crippen LogP contribution in [0, 0.1) is 0 Å². The minimum Gasteiger partial charge on any atom is -0.493 e. The van der Waals surface area contributed by atoms with E-state index in [4.69, 9.17) is 18.6 Å². The van der Waals surface area contributed by atoms with Gasteiger partial charge in [-0.1, -0.05) is 43.3 Å². The highest BCUT2D eigenvalue weighted by Crippen LogP contribution is 2.37. The van der Waals surface area contributed by atoms with E-state index < -0.39 is 11.6 Å². The summed E-state index contributed by atoms with van der Waals surface area (Å²) in [5.74, 6) is -0.407. The first kappa shape index (κ1) is 20.2. The van der Waals surface area contributed by atoms with Crippen molar-refractivity contribution in [2.75, 3.05) is 13.7 Å². The molecular weight excluding hydrogens is 372 g/mol. The molecule has 0 aliphatic heterocycles. The van der Waals surface area contributed by atoms with Gasteiger partial charge in [-0.05, 0) is 37.1 Å². The van der Waals surface area contributed by atoms with E-state index in [0.29, 0.717) is 29.7 Å². The molecule has 0 saturated heterocycles. The lowest BCUT2D eigenvalue weighted by atomic mass is 10.2. The Morgan fingerprint density at radius 1 is 1.03 bits per heavy atom. The Labute approximate surface area is 168 Å². The fourth-order valence-corrected chi connectivity index (χ4v) is 2.79. The standard InChI is InChI=1S/C23H22O6/c1-3-4-5-9-15-27-20-17-13-10-14-18(26-2)19(17)28-23(25)21(20)29-22(24)16-11-7-6-8-12-16/h4-8,10-14H,3,9,15H2,1-2H3. The minimum absolute atomic E-state index is 0.157. The summed E-state index contributed by atoms with van der Waals surface area (Å²) in [5, 5.41) is 0.485. The van der Waals surface area contributed by atoms with Crippen molar-refractivity contribution in [1.82, 2.24) is 0 Å². The number of esters is 1. The van der Waals surface area contributed by atoms with Gasteiger partial charge in [0.1, 0.15) is 0 Å². The number of carbonyl (C=O) groups excluding carboxylic acids is 1. The third-order valence-electron chi connectivity index (χ3n) is 4.17. The molecule has 0 atom stereocenters. The number of carbonyl (C=O) groups is 1. The fourth-order valence-electron chi connectivity index (χ4n) is 2.79. The third-order valence-corrected chi connectivity index (χ3v) is 4.17. The molecule has 0 unspecified atom stereocenters. The molecule has 0 amide bonds. The molecule has 0 N–H and O–H groups in total. The smallest absolute Gasteiger partial charge is 0.383 e. The van der Waals surface area contributed by atoms with E-state index in [-0.39, 0.29) is 17.1 Å². The topological polar surface area (TPSA) is 75.0 Å². The zero-order chi connectivity index (χ0) is 20.6. The van der Waals surface area contributed by atoms with Crippen LogP contribution >= 0.6 is 0 Å². The van der Waals surface area contributed by atoms with Crippen molar-refractivity contribution in [3.05, 3.63) is 76.7 Å². The van der Waals surface area contributed by atoms with Gasteiger partial charge in [-0.25, -0.2) is 9.59 Å². The predicted molar refractivity (Wildman–Crippen MR) is 110 cm³/mol. The van der Waals surface area contributed by atoms with E-state index in [2.05, 4.69) is 0 Å². The summed E-state index contributed by atoms with van der Waals surface area (Å²) in [6.07, 6.45) is 5.59. The Hall–Kier alpha value is -3.54. The normalized spacial score (nSPS) is 11.0. The Balaban J connectivity index is 2.03. The highest BCUT2D eigenvalue weighted by molar-refractivity contribution is 5.94. The van der Waals surface area contributed by atoms with Gasteiger partial charge in [0, 0.05) is 0 Å². The molecule has 2 aromatic carbocycles. The maximum Gasteiger partial charge on any atom is 0.383 e. The zero-order valence-corrected chi connectivity index (χ0v) is 16.3. The first-order valence-corrected chi connectivity index (χ1v) is 9.34. The number of fused-ring (bicyclic) bond motifs is 1. The van der Waals surface area contributed by atoms with Crippen LogP contribution in [0.2, 0.25) is 0 Å². The van der Waals surface area contributed by atoms with Crippen molar-refractivity contribution in [2.24, 2.45) is 0 Å². The number of hydrogen-bond acceptors (Lipinski definition) is 6. The van der Waals surface area contributed by atoms with Gasteiger partial charge in [0.2, 0.25) is 0 Å². The molecule has 29 heavy (non-hydrogen) atoms. The second kappa shape index (κ2) is 9.59. The lowest BCUT2D eigenvalue weighted by Crippen LogP contribution is -2.16. The van der Waals surface area contributed by atoms with Crippen molar-refractivity contribution in [2.45, 2.75) is 19.8 Å². The van der Waals surface area contributed by atoms with Crippen LogP contribution in [0.1, 0.15) is 30.1 Å². The summed E-state index contributed by atoms with van der Waals surface area (Å²) in [6, 6.07) is 13.5. The molecule has 0 aliphatic carbocycles. The highest BCUT2D eigenvalue weighted by atomic mass is 16.6. The van der Waals surface area contributed by atoms with E-state index in [1.807, 2.05) is 19.1 Å². The van der Waals surface area contributed by atoms with Gasteiger partial charge in [-0.3, -0.25) is 0 Å². The lowest BCUT2D eigenvalue weighted by Gasteiger charge is -2.13. The number of rotatable bonds is 8. The number of methoxy groups -OCH3 is 1. The molecule has 0 saturated carbocycles. The predicted octanol–water partition coefficient (Wildman–Crippen LogP) is 4.76. The van der Waals surface area contributed by atoms with Gasteiger partial charge in [0.25, 0.3) is 5.75 Å². The van der Waals surface area contributed by atoms with Crippen molar-refractivity contribution in [3.63, 3.8) is 0 Å². The average Bonchev–Trinajstić information content (AvgIpc) is 2.75. The van der Waals surface area contributed by atoms with E-state index >= 15 is 0 Å². The number of benzene rings is 2. The first-order chi connectivity index (χ1) is 14.2. The molecule has 150 valence electrons. The second-order valence-corrected chi connectivity index (χ2v) is 6.16. The summed E-state index contributed by atoms with van der Waals surface area (Å²) in [6.45, 7) is 2.35. The van der Waals surface area contributed by atoms with E-state index in [1.165, 1.54) is 7.11 Å². The van der Waals surface area contributed by atoms with Crippen LogP contribution in [0.3, 0.4) is 0 Å². The maximum absolute atomic E-state index is 12.6. The Kier molecular flexibility index (Phi) is 6.68. The van der Waals surface area contributed by atoms with E-state index in [9.17, 15) is 9.59 Å². The van der Waals surface area contributed by atoms with Crippen molar-refractivity contribution < 1.29 is 23.4 Å². The Morgan fingerprint density at radius 3 is 2.55 bits per heavy atom. The van der Waals surface area contributed by atoms with Crippen LogP contribution in [0.4, 0.5) is 0 Å². The van der Waals surface area contributed by atoms with Gasteiger partial charge in [-0.2, -0.15) is 0 Å². The summed E-state index contributed by atoms with van der Waals surface area (Å²) in [5.41, 5.74) is -0.265. The van der Waals surface area contributed by atoms with Crippen LogP contribution in [-0.2, 0) is 0 Å². The van der Waals surface area contributed by atoms with Gasteiger partial charge >= 0.3 is 11.6 Å². The first-order valence-electron chi connectivity index (χ1n) is 9.34. The number of hydrogen-bond donors (Lipinski definition) is 0. The molecule has 0 bridgehead atoms. The number of para-hydroxylation sites is 1. The van der Waals surface area contributed by atoms with Crippen LogP contribution in [-0.4, -0.2) is 19.7 Å². The Bertz CT molecular complexity index is 1070. The molecule has 0 spiro atoms. The van der Waals surface area contributed by atoms with Crippen LogP contribution in [0.5, 0.6) is 17.2 Å². The third kappa shape index (κ3) is 4.66. The largest absolute Gasteiger partial charge is 0.493 e. The van der Waals surface area contributed by atoms with E-state index in [0.717, 1.165) is 6.42 Å². The monoisotopic (exact) mass is 394 g/mol. The molecule has 6 nitrogen and oxygen atoms in total. The van der Waals surface area contributed by atoms with Crippen LogP contribution < -0.4 is 19.8 Å². The quantitative estimate of drug-likeness (QED) is 0.237. The number of ether oxygens (including phenoxy) is 3. The van der Waals surface area contributed by atoms with Gasteiger partial charge < -0.3 is 18.6 Å². The van der Waals surface area contributed by atoms with Gasteiger partial charge in [0.15, 0.2) is 17.1 Å². The Morgan fingerprint density at radius 2 is 1.83 bits per heavy atom.